The lowest BCUT2D eigenvalue weighted by Gasteiger charge is -2.18. The molecular weight excluding hydrogens is 176 g/mol. The number of carbonyl (C=O) groups excluding carboxylic acids is 1. The van der Waals surface area contributed by atoms with Crippen molar-refractivity contribution in [2.45, 2.75) is 12.0 Å². The van der Waals surface area contributed by atoms with Crippen molar-refractivity contribution in [1.29, 1.82) is 0 Å². The van der Waals surface area contributed by atoms with Crippen molar-refractivity contribution in [2.24, 2.45) is 0 Å². The van der Waals surface area contributed by atoms with Gasteiger partial charge in [0.05, 0.1) is 0 Å². The largest absolute Gasteiger partial charge is 0.343 e. The lowest BCUT2D eigenvalue weighted by molar-refractivity contribution is -0.135. The molecule has 0 aromatic carbocycles. The van der Waals surface area contributed by atoms with E-state index in [1.807, 2.05) is 4.31 Å². The maximum absolute atomic E-state index is 11.6. The summed E-state index contributed by atoms with van der Waals surface area (Å²) < 4.78 is 7.31. The number of amides is 1. The molecule has 0 N–H and O–H groups in total. The van der Waals surface area contributed by atoms with E-state index in [1.54, 1.807) is 11.9 Å². The third kappa shape index (κ3) is 1.04. The van der Waals surface area contributed by atoms with Crippen molar-refractivity contribution < 1.29 is 9.53 Å². The van der Waals surface area contributed by atoms with Crippen LogP contribution in [0.2, 0.25) is 0 Å². The summed E-state index contributed by atoms with van der Waals surface area (Å²) in [5.74, 6) is 0.0963. The first-order valence-corrected chi connectivity index (χ1v) is 4.37. The fraction of sp³-hybridized carbons (Fsp3) is 0.857. The van der Waals surface area contributed by atoms with E-state index in [-0.39, 0.29) is 5.91 Å². The summed E-state index contributed by atoms with van der Waals surface area (Å²) >= 11 is 4.19. The molecule has 0 saturated carbocycles. The second-order valence-electron chi connectivity index (χ2n) is 3.41. The van der Waals surface area contributed by atoms with E-state index in [0.29, 0.717) is 13.3 Å². The Kier molecular flexibility index (Phi) is 1.82. The van der Waals surface area contributed by atoms with Crippen molar-refractivity contribution in [3.63, 3.8) is 0 Å². The topological polar surface area (TPSA) is 32.8 Å². The monoisotopic (exact) mass is 188 g/mol. The van der Waals surface area contributed by atoms with Gasteiger partial charge >= 0.3 is 0 Å². The van der Waals surface area contributed by atoms with Crippen LogP contribution in [-0.4, -0.2) is 47.6 Å². The minimum Gasteiger partial charge on any atom is -0.343 e. The number of thiol groups is 1. The first-order chi connectivity index (χ1) is 5.64. The molecule has 2 rings (SSSR count). The van der Waals surface area contributed by atoms with Crippen molar-refractivity contribution in [1.82, 2.24) is 9.21 Å². The van der Waals surface area contributed by atoms with Crippen LogP contribution in [0.5, 0.6) is 0 Å². The highest BCUT2D eigenvalue weighted by molar-refractivity contribution is 7.77. The highest BCUT2D eigenvalue weighted by Crippen LogP contribution is 2.32. The van der Waals surface area contributed by atoms with Gasteiger partial charge in [0.2, 0.25) is 0 Å². The third-order valence-electron chi connectivity index (χ3n) is 2.48. The highest BCUT2D eigenvalue weighted by Gasteiger charge is 2.50. The number of carbonyl (C=O) groups is 1. The molecule has 12 heavy (non-hydrogen) atoms. The Bertz CT molecular complexity index is 219. The van der Waals surface area contributed by atoms with Gasteiger partial charge in [-0.2, -0.15) is 0 Å². The van der Waals surface area contributed by atoms with Crippen LogP contribution < -0.4 is 0 Å². The summed E-state index contributed by atoms with van der Waals surface area (Å²) in [7, 11) is 1.76. The molecule has 1 atom stereocenters. The molecule has 2 aliphatic rings. The number of likely N-dealkylation sites (N-methyl/N-ethyl adjacent to an activating group) is 1. The molecule has 4 nitrogen and oxygen atoms in total. The minimum atomic E-state index is -0.573. The molecule has 1 unspecified atom stereocenters. The van der Waals surface area contributed by atoms with Crippen molar-refractivity contribution >= 4 is 18.7 Å². The standard InChI is InChI=1S/C7H12N2O2S/c1-8-5-11-7(6(8)10)2-3-9(12)4-7/h12H,2-5H2,1H3. The predicted molar refractivity (Wildman–Crippen MR) is 46.6 cm³/mol. The zero-order chi connectivity index (χ0) is 8.77. The highest BCUT2D eigenvalue weighted by atomic mass is 32.1. The SMILES string of the molecule is CN1COC2(CCN(S)C2)C1=O. The predicted octanol–water partition coefficient (Wildman–Crippen LogP) is -0.278. The van der Waals surface area contributed by atoms with Gasteiger partial charge in [0.25, 0.3) is 5.91 Å². The van der Waals surface area contributed by atoms with Crippen LogP contribution in [0.15, 0.2) is 0 Å². The van der Waals surface area contributed by atoms with Gasteiger partial charge in [-0.1, -0.05) is 12.8 Å². The summed E-state index contributed by atoms with van der Waals surface area (Å²) in [4.78, 5) is 13.2. The molecule has 0 aromatic heterocycles. The molecule has 2 saturated heterocycles. The summed E-state index contributed by atoms with van der Waals surface area (Å²) in [6, 6.07) is 0. The van der Waals surface area contributed by atoms with Crippen LogP contribution in [0.4, 0.5) is 0 Å². The molecule has 2 fully saturated rings. The Morgan fingerprint density at radius 3 is 2.83 bits per heavy atom. The van der Waals surface area contributed by atoms with E-state index in [0.717, 1.165) is 13.0 Å². The van der Waals surface area contributed by atoms with Crippen LogP contribution in [-0.2, 0) is 9.53 Å². The van der Waals surface area contributed by atoms with E-state index in [1.165, 1.54) is 0 Å². The molecule has 68 valence electrons. The summed E-state index contributed by atoms with van der Waals surface area (Å²) in [5, 5.41) is 0. The smallest absolute Gasteiger partial charge is 0.257 e. The molecule has 1 amide bonds. The molecule has 1 spiro atoms. The zero-order valence-electron chi connectivity index (χ0n) is 6.99. The lowest BCUT2D eigenvalue weighted by atomic mass is 10.0. The lowest BCUT2D eigenvalue weighted by Crippen LogP contribution is -2.41. The molecule has 0 radical (unpaired) electrons. The summed E-state index contributed by atoms with van der Waals surface area (Å²) in [6.45, 7) is 1.85. The Morgan fingerprint density at radius 2 is 2.42 bits per heavy atom. The van der Waals surface area contributed by atoms with Crippen LogP contribution in [0.1, 0.15) is 6.42 Å². The van der Waals surface area contributed by atoms with Crippen LogP contribution in [0.25, 0.3) is 0 Å². The Balaban J connectivity index is 2.18. The second-order valence-corrected chi connectivity index (χ2v) is 3.97. The Hall–Kier alpha value is -0.260. The van der Waals surface area contributed by atoms with Gasteiger partial charge in [-0.25, -0.2) is 4.31 Å². The zero-order valence-corrected chi connectivity index (χ0v) is 7.88. The number of ether oxygens (including phenoxy) is 1. The van der Waals surface area contributed by atoms with Crippen molar-refractivity contribution in [3.8, 4) is 0 Å². The average molecular weight is 188 g/mol. The summed E-state index contributed by atoms with van der Waals surface area (Å²) in [6.07, 6.45) is 0.764. The Labute approximate surface area is 77.0 Å². The molecule has 2 aliphatic heterocycles. The first kappa shape index (κ1) is 8.34. The van der Waals surface area contributed by atoms with E-state index < -0.39 is 5.60 Å². The quantitative estimate of drug-likeness (QED) is 0.531. The maximum atomic E-state index is 11.6. The minimum absolute atomic E-state index is 0.0963. The van der Waals surface area contributed by atoms with Crippen LogP contribution in [0.3, 0.4) is 0 Å². The molecule has 5 heteroatoms. The molecule has 0 bridgehead atoms. The van der Waals surface area contributed by atoms with E-state index in [4.69, 9.17) is 4.74 Å². The molecular formula is C7H12N2O2S. The number of rotatable bonds is 0. The first-order valence-electron chi connectivity index (χ1n) is 3.97. The van der Waals surface area contributed by atoms with Gasteiger partial charge in [0.15, 0.2) is 5.60 Å². The third-order valence-corrected chi connectivity index (χ3v) is 2.82. The fourth-order valence-corrected chi connectivity index (χ4v) is 2.07. The van der Waals surface area contributed by atoms with Gasteiger partial charge in [-0.3, -0.25) is 4.79 Å². The van der Waals surface area contributed by atoms with Crippen LogP contribution >= 0.6 is 12.8 Å². The van der Waals surface area contributed by atoms with Gasteiger partial charge in [-0.15, -0.1) is 0 Å². The van der Waals surface area contributed by atoms with E-state index in [9.17, 15) is 4.79 Å². The average Bonchev–Trinajstić information content (AvgIpc) is 2.53. The van der Waals surface area contributed by atoms with E-state index in [2.05, 4.69) is 12.8 Å². The second kappa shape index (κ2) is 2.61. The molecule has 0 aromatic rings. The molecule has 0 aliphatic carbocycles. The van der Waals surface area contributed by atoms with Gasteiger partial charge in [-0.05, 0) is 0 Å². The van der Waals surface area contributed by atoms with Gasteiger partial charge in [0.1, 0.15) is 6.73 Å². The number of nitrogens with zero attached hydrogens (tertiary/aromatic N) is 2. The maximum Gasteiger partial charge on any atom is 0.257 e. The van der Waals surface area contributed by atoms with Crippen LogP contribution in [0, 0.1) is 0 Å². The fourth-order valence-electron chi connectivity index (χ4n) is 1.74. The van der Waals surface area contributed by atoms with Gasteiger partial charge in [0, 0.05) is 26.6 Å². The van der Waals surface area contributed by atoms with Gasteiger partial charge < -0.3 is 9.64 Å². The Morgan fingerprint density at radius 1 is 1.67 bits per heavy atom. The molecule has 2 heterocycles. The van der Waals surface area contributed by atoms with Crippen molar-refractivity contribution in [2.75, 3.05) is 26.9 Å². The van der Waals surface area contributed by atoms with Crippen molar-refractivity contribution in [3.05, 3.63) is 0 Å². The number of hydrogen-bond donors (Lipinski definition) is 1. The normalized spacial score (nSPS) is 37.2. The van der Waals surface area contributed by atoms with E-state index >= 15 is 0 Å². The summed E-state index contributed by atoms with van der Waals surface area (Å²) in [5.41, 5.74) is -0.573. The number of hydrogen-bond acceptors (Lipinski definition) is 4.